The van der Waals surface area contributed by atoms with E-state index >= 15 is 0 Å². The first-order valence-corrected chi connectivity index (χ1v) is 19.6. The molecule has 8 nitrogen and oxygen atoms in total. The van der Waals surface area contributed by atoms with Gasteiger partial charge in [-0.05, 0) is 97.7 Å². The van der Waals surface area contributed by atoms with E-state index < -0.39 is 0 Å². The van der Waals surface area contributed by atoms with Crippen molar-refractivity contribution in [3.8, 4) is 0 Å². The number of rotatable bonds is 22. The summed E-state index contributed by atoms with van der Waals surface area (Å²) in [4.78, 5) is 12.6. The number of methoxy groups -OCH3 is 1. The van der Waals surface area contributed by atoms with Gasteiger partial charge in [0.15, 0.2) is 0 Å². The molecule has 8 atom stereocenters. The smallest absolute Gasteiger partial charge is 0.407 e. The Balaban J connectivity index is 1.08. The zero-order valence-electron chi connectivity index (χ0n) is 31.5. The summed E-state index contributed by atoms with van der Waals surface area (Å²) < 4.78 is 32.8. The third kappa shape index (κ3) is 10.9. The van der Waals surface area contributed by atoms with Crippen LogP contribution < -0.4 is 5.32 Å². The zero-order valence-corrected chi connectivity index (χ0v) is 31.5. The van der Waals surface area contributed by atoms with Crippen LogP contribution in [0.15, 0.2) is 11.6 Å². The molecule has 278 valence electrons. The van der Waals surface area contributed by atoms with Gasteiger partial charge in [0.2, 0.25) is 0 Å². The Bertz CT molecular complexity index is 973. The highest BCUT2D eigenvalue weighted by Gasteiger charge is 2.59. The van der Waals surface area contributed by atoms with E-state index in [9.17, 15) is 4.79 Å². The molecule has 1 amide bonds. The van der Waals surface area contributed by atoms with Gasteiger partial charge in [0.05, 0.1) is 52.9 Å². The highest BCUT2D eigenvalue weighted by Crippen LogP contribution is 2.67. The van der Waals surface area contributed by atoms with E-state index in [0.29, 0.717) is 71.4 Å². The highest BCUT2D eigenvalue weighted by molar-refractivity contribution is 5.67. The van der Waals surface area contributed by atoms with Crippen LogP contribution >= 0.6 is 0 Å². The summed E-state index contributed by atoms with van der Waals surface area (Å²) in [6, 6.07) is 0. The average molecular weight is 678 g/mol. The summed E-state index contributed by atoms with van der Waals surface area (Å²) in [6.07, 6.45) is 17.1. The number of amides is 1. The summed E-state index contributed by atoms with van der Waals surface area (Å²) >= 11 is 0. The number of fused-ring (bicyclic) bond motifs is 5. The van der Waals surface area contributed by atoms with E-state index in [0.717, 1.165) is 61.2 Å². The fraction of sp³-hybridized carbons (Fsp3) is 0.925. The SMILES string of the molecule is COCCOCCOCCOCCOCCCNC(=O)OC1CCC2(C)C(=CCC3C2CCC2(C)C(C(C)CCCC(C)C)CCC32)C1. The van der Waals surface area contributed by atoms with Crippen molar-refractivity contribution in [1.29, 1.82) is 0 Å². The molecule has 0 aromatic heterocycles. The van der Waals surface area contributed by atoms with Gasteiger partial charge in [0, 0.05) is 26.7 Å². The second kappa shape index (κ2) is 20.0. The normalized spacial score (nSPS) is 31.9. The molecule has 0 aromatic carbocycles. The Morgan fingerprint density at radius 3 is 2.15 bits per heavy atom. The number of allylic oxidation sites excluding steroid dienone is 1. The average Bonchev–Trinajstić information content (AvgIpc) is 3.42. The minimum Gasteiger partial charge on any atom is -0.446 e. The van der Waals surface area contributed by atoms with Crippen molar-refractivity contribution in [3.63, 3.8) is 0 Å². The first-order valence-electron chi connectivity index (χ1n) is 19.6. The molecule has 8 heteroatoms. The monoisotopic (exact) mass is 678 g/mol. The maximum Gasteiger partial charge on any atom is 0.407 e. The number of alkyl carbamates (subject to hydrolysis) is 1. The first kappa shape index (κ1) is 39.6. The van der Waals surface area contributed by atoms with E-state index in [1.807, 2.05) is 0 Å². The van der Waals surface area contributed by atoms with Crippen LogP contribution in [0.5, 0.6) is 0 Å². The molecule has 0 aliphatic heterocycles. The molecular formula is C40H71NO7. The molecule has 8 unspecified atom stereocenters. The topological polar surface area (TPSA) is 84.5 Å². The van der Waals surface area contributed by atoms with Gasteiger partial charge in [-0.2, -0.15) is 0 Å². The lowest BCUT2D eigenvalue weighted by Crippen LogP contribution is -2.51. The van der Waals surface area contributed by atoms with Gasteiger partial charge >= 0.3 is 6.09 Å². The fourth-order valence-corrected chi connectivity index (χ4v) is 10.2. The first-order chi connectivity index (χ1) is 23.2. The lowest BCUT2D eigenvalue weighted by Gasteiger charge is -2.58. The Morgan fingerprint density at radius 2 is 1.48 bits per heavy atom. The Morgan fingerprint density at radius 1 is 0.812 bits per heavy atom. The van der Waals surface area contributed by atoms with Crippen LogP contribution in [0, 0.1) is 46.3 Å². The lowest BCUT2D eigenvalue weighted by molar-refractivity contribution is -0.0581. The Hall–Kier alpha value is -1.19. The lowest BCUT2D eigenvalue weighted by atomic mass is 9.47. The Kier molecular flexibility index (Phi) is 16.5. The van der Waals surface area contributed by atoms with Crippen LogP contribution in [0.4, 0.5) is 4.79 Å². The maximum absolute atomic E-state index is 12.6. The summed E-state index contributed by atoms with van der Waals surface area (Å²) in [6.45, 7) is 18.1. The number of hydrogen-bond donors (Lipinski definition) is 1. The number of ether oxygens (including phenoxy) is 6. The second-order valence-electron chi connectivity index (χ2n) is 16.3. The van der Waals surface area contributed by atoms with E-state index in [-0.39, 0.29) is 17.6 Å². The molecule has 48 heavy (non-hydrogen) atoms. The van der Waals surface area contributed by atoms with E-state index in [1.54, 1.807) is 12.7 Å². The second-order valence-corrected chi connectivity index (χ2v) is 16.3. The van der Waals surface area contributed by atoms with Crippen LogP contribution in [-0.4, -0.2) is 85.3 Å². The van der Waals surface area contributed by atoms with Gasteiger partial charge in [-0.1, -0.05) is 65.5 Å². The largest absolute Gasteiger partial charge is 0.446 e. The van der Waals surface area contributed by atoms with Crippen molar-refractivity contribution < 1.29 is 33.2 Å². The van der Waals surface area contributed by atoms with Crippen molar-refractivity contribution in [2.24, 2.45) is 46.3 Å². The van der Waals surface area contributed by atoms with Gasteiger partial charge in [-0.25, -0.2) is 4.79 Å². The van der Waals surface area contributed by atoms with Crippen LogP contribution in [0.3, 0.4) is 0 Å². The van der Waals surface area contributed by atoms with Crippen LogP contribution in [-0.2, 0) is 28.4 Å². The molecular weight excluding hydrogens is 606 g/mol. The van der Waals surface area contributed by atoms with E-state index in [1.165, 1.54) is 51.4 Å². The number of nitrogens with one attached hydrogen (secondary N) is 1. The standard InChI is InChI=1S/C40H71NO7/c1-30(2)9-7-10-31(3)35-13-14-36-34-12-11-32-29-33(15-17-39(32,4)37(34)16-18-40(35,36)5)48-38(42)41-19-8-20-44-23-24-46-27-28-47-26-25-45-22-21-43-6/h11,30-31,33-37H,7-10,12-29H2,1-6H3,(H,41,42). The quantitative estimate of drug-likeness (QED) is 0.0913. The van der Waals surface area contributed by atoms with Gasteiger partial charge in [-0.15, -0.1) is 0 Å². The molecule has 0 aromatic rings. The van der Waals surface area contributed by atoms with Crippen molar-refractivity contribution in [1.82, 2.24) is 5.32 Å². The molecule has 4 aliphatic carbocycles. The van der Waals surface area contributed by atoms with Crippen molar-refractivity contribution in [3.05, 3.63) is 11.6 Å². The van der Waals surface area contributed by atoms with Gasteiger partial charge in [0.1, 0.15) is 6.10 Å². The summed E-state index contributed by atoms with van der Waals surface area (Å²) in [5.74, 6) is 5.07. The number of carbonyl (C=O) groups is 1. The summed E-state index contributed by atoms with van der Waals surface area (Å²) in [5.41, 5.74) is 2.36. The van der Waals surface area contributed by atoms with E-state index in [2.05, 4.69) is 46.0 Å². The highest BCUT2D eigenvalue weighted by atomic mass is 16.6. The molecule has 0 saturated heterocycles. The van der Waals surface area contributed by atoms with Gasteiger partial charge in [-0.3, -0.25) is 0 Å². The molecule has 3 saturated carbocycles. The van der Waals surface area contributed by atoms with Gasteiger partial charge < -0.3 is 33.7 Å². The molecule has 1 N–H and O–H groups in total. The molecule has 0 spiro atoms. The molecule has 0 bridgehead atoms. The molecule has 4 aliphatic rings. The van der Waals surface area contributed by atoms with Crippen molar-refractivity contribution in [2.75, 3.05) is 73.1 Å². The number of carbonyl (C=O) groups excluding carboxylic acids is 1. The molecule has 0 heterocycles. The van der Waals surface area contributed by atoms with Crippen LogP contribution in [0.25, 0.3) is 0 Å². The Labute approximate surface area is 293 Å². The minimum absolute atomic E-state index is 0.0159. The summed E-state index contributed by atoms with van der Waals surface area (Å²) in [5, 5.41) is 2.94. The van der Waals surface area contributed by atoms with Gasteiger partial charge in [0.25, 0.3) is 0 Å². The number of hydrogen-bond acceptors (Lipinski definition) is 7. The molecule has 4 rings (SSSR count). The maximum atomic E-state index is 12.6. The van der Waals surface area contributed by atoms with Crippen LogP contribution in [0.2, 0.25) is 0 Å². The van der Waals surface area contributed by atoms with Crippen LogP contribution in [0.1, 0.15) is 112 Å². The van der Waals surface area contributed by atoms with Crippen molar-refractivity contribution in [2.45, 2.75) is 118 Å². The third-order valence-electron chi connectivity index (χ3n) is 12.8. The summed E-state index contributed by atoms with van der Waals surface area (Å²) in [7, 11) is 1.66. The molecule has 0 radical (unpaired) electrons. The van der Waals surface area contributed by atoms with E-state index in [4.69, 9.17) is 28.4 Å². The fourth-order valence-electron chi connectivity index (χ4n) is 10.2. The predicted octanol–water partition coefficient (Wildman–Crippen LogP) is 8.23. The minimum atomic E-state index is -0.293. The third-order valence-corrected chi connectivity index (χ3v) is 12.8. The molecule has 3 fully saturated rings. The zero-order chi connectivity index (χ0) is 34.4. The van der Waals surface area contributed by atoms with Crippen molar-refractivity contribution >= 4 is 6.09 Å². The predicted molar refractivity (Wildman–Crippen MR) is 191 cm³/mol.